The van der Waals surface area contributed by atoms with Gasteiger partial charge in [0.2, 0.25) is 5.91 Å². The van der Waals surface area contributed by atoms with Crippen LogP contribution in [0.4, 0.5) is 0 Å². The molecule has 6 N–H and O–H groups in total. The van der Waals surface area contributed by atoms with Gasteiger partial charge < -0.3 is 26.4 Å². The van der Waals surface area contributed by atoms with Crippen molar-refractivity contribution in [2.24, 2.45) is 5.73 Å². The highest BCUT2D eigenvalue weighted by Gasteiger charge is 2.27. The predicted molar refractivity (Wildman–Crippen MR) is 70.5 cm³/mol. The molecule has 1 amide bonds. The van der Waals surface area contributed by atoms with Gasteiger partial charge in [-0.3, -0.25) is 4.79 Å². The van der Waals surface area contributed by atoms with Crippen LogP contribution in [0.3, 0.4) is 0 Å². The number of amides is 1. The van der Waals surface area contributed by atoms with Gasteiger partial charge >= 0.3 is 0 Å². The minimum absolute atomic E-state index is 0.354. The zero-order valence-electron chi connectivity index (χ0n) is 10.9. The fraction of sp³-hybridized carbons (Fsp3) is 0.462. The maximum atomic E-state index is 11.0. The number of aliphatic hydroxyl groups is 3. The molecule has 0 saturated carbocycles. The van der Waals surface area contributed by atoms with E-state index in [-0.39, 0.29) is 19.8 Å². The van der Waals surface area contributed by atoms with Crippen LogP contribution >= 0.6 is 0 Å². The van der Waals surface area contributed by atoms with E-state index in [1.165, 1.54) is 0 Å². The van der Waals surface area contributed by atoms with E-state index < -0.39 is 11.4 Å². The Morgan fingerprint density at radius 2 is 1.84 bits per heavy atom. The van der Waals surface area contributed by atoms with E-state index in [0.717, 1.165) is 11.1 Å². The number of carbonyl (C=O) groups excluding carboxylic acids is 1. The molecule has 0 fully saturated rings. The second kappa shape index (κ2) is 6.63. The van der Waals surface area contributed by atoms with Crippen molar-refractivity contribution in [1.29, 1.82) is 0 Å². The van der Waals surface area contributed by atoms with Gasteiger partial charge in [-0.1, -0.05) is 6.07 Å². The van der Waals surface area contributed by atoms with E-state index in [4.69, 9.17) is 5.73 Å². The van der Waals surface area contributed by atoms with E-state index in [2.05, 4.69) is 5.32 Å². The summed E-state index contributed by atoms with van der Waals surface area (Å²) in [6.45, 7) is 1.06. The number of carbonyl (C=O) groups is 1. The van der Waals surface area contributed by atoms with Gasteiger partial charge in [0, 0.05) is 12.1 Å². The monoisotopic (exact) mass is 268 g/mol. The molecule has 1 aromatic rings. The highest BCUT2D eigenvalue weighted by molar-refractivity contribution is 5.93. The smallest absolute Gasteiger partial charge is 0.248 e. The van der Waals surface area contributed by atoms with Crippen molar-refractivity contribution in [3.05, 3.63) is 34.9 Å². The van der Waals surface area contributed by atoms with Gasteiger partial charge in [-0.05, 0) is 30.2 Å². The SMILES string of the molecule is Cc1cc(C(N)=O)ccc1CNC(CO)(CO)CO. The van der Waals surface area contributed by atoms with Crippen LogP contribution < -0.4 is 11.1 Å². The molecule has 6 heteroatoms. The summed E-state index contributed by atoms with van der Waals surface area (Å²) < 4.78 is 0. The normalized spacial score (nSPS) is 11.6. The van der Waals surface area contributed by atoms with Crippen LogP contribution in [0.5, 0.6) is 0 Å². The van der Waals surface area contributed by atoms with Crippen molar-refractivity contribution >= 4 is 5.91 Å². The first-order chi connectivity index (χ1) is 8.98. The summed E-state index contributed by atoms with van der Waals surface area (Å²) in [6, 6.07) is 5.04. The Bertz CT molecular complexity index is 436. The van der Waals surface area contributed by atoms with E-state index in [1.54, 1.807) is 18.2 Å². The third kappa shape index (κ3) is 3.74. The van der Waals surface area contributed by atoms with Gasteiger partial charge in [0.25, 0.3) is 0 Å². The minimum Gasteiger partial charge on any atom is -0.394 e. The van der Waals surface area contributed by atoms with Gasteiger partial charge in [0.05, 0.1) is 25.4 Å². The lowest BCUT2D eigenvalue weighted by Gasteiger charge is -2.29. The van der Waals surface area contributed by atoms with E-state index in [0.29, 0.717) is 12.1 Å². The fourth-order valence-corrected chi connectivity index (χ4v) is 1.65. The zero-order chi connectivity index (χ0) is 14.5. The molecule has 0 radical (unpaired) electrons. The van der Waals surface area contributed by atoms with Crippen molar-refractivity contribution in [1.82, 2.24) is 5.32 Å². The quantitative estimate of drug-likeness (QED) is 0.430. The number of benzene rings is 1. The van der Waals surface area contributed by atoms with Crippen molar-refractivity contribution in [3.8, 4) is 0 Å². The second-order valence-electron chi connectivity index (χ2n) is 4.61. The molecule has 0 saturated heterocycles. The Balaban J connectivity index is 2.80. The summed E-state index contributed by atoms with van der Waals surface area (Å²) in [5, 5.41) is 30.5. The molecule has 1 aromatic carbocycles. The minimum atomic E-state index is -1.12. The number of aryl methyl sites for hydroxylation is 1. The Morgan fingerprint density at radius 3 is 2.26 bits per heavy atom. The maximum Gasteiger partial charge on any atom is 0.248 e. The highest BCUT2D eigenvalue weighted by Crippen LogP contribution is 2.12. The van der Waals surface area contributed by atoms with Gasteiger partial charge in [-0.15, -0.1) is 0 Å². The molecule has 0 atom stereocenters. The molecule has 0 aliphatic carbocycles. The summed E-state index contributed by atoms with van der Waals surface area (Å²) in [5.41, 5.74) is 6.26. The van der Waals surface area contributed by atoms with Crippen LogP contribution in [0.1, 0.15) is 21.5 Å². The van der Waals surface area contributed by atoms with Gasteiger partial charge in [-0.2, -0.15) is 0 Å². The first kappa shape index (κ1) is 15.6. The summed E-state index contributed by atoms with van der Waals surface area (Å²) in [6.07, 6.45) is 0. The molecule has 0 heterocycles. The number of nitrogens with two attached hydrogens (primary N) is 1. The van der Waals surface area contributed by atoms with Crippen LogP contribution in [0.2, 0.25) is 0 Å². The van der Waals surface area contributed by atoms with Crippen LogP contribution in [-0.2, 0) is 6.54 Å². The molecule has 19 heavy (non-hydrogen) atoms. The third-order valence-electron chi connectivity index (χ3n) is 3.19. The largest absolute Gasteiger partial charge is 0.394 e. The molecule has 0 unspecified atom stereocenters. The summed E-state index contributed by atoms with van der Waals surface area (Å²) in [4.78, 5) is 11.0. The molecule has 0 aromatic heterocycles. The van der Waals surface area contributed by atoms with Gasteiger partial charge in [0.15, 0.2) is 0 Å². The van der Waals surface area contributed by atoms with Gasteiger partial charge in [-0.25, -0.2) is 0 Å². The average Bonchev–Trinajstić information content (AvgIpc) is 2.42. The number of primary amides is 1. The van der Waals surface area contributed by atoms with E-state index in [1.807, 2.05) is 6.92 Å². The number of nitrogens with one attached hydrogen (secondary N) is 1. The standard InChI is InChI=1S/C13H20N2O4/c1-9-4-10(12(14)19)2-3-11(9)5-15-13(6-16,7-17)8-18/h2-4,15-18H,5-8H2,1H3,(H2,14,19). The van der Waals surface area contributed by atoms with Crippen molar-refractivity contribution in [2.75, 3.05) is 19.8 Å². The Labute approximate surface area is 111 Å². The van der Waals surface area contributed by atoms with E-state index in [9.17, 15) is 20.1 Å². The lowest BCUT2D eigenvalue weighted by Crippen LogP contribution is -2.54. The molecule has 106 valence electrons. The van der Waals surface area contributed by atoms with Crippen LogP contribution in [0.15, 0.2) is 18.2 Å². The summed E-state index contributed by atoms with van der Waals surface area (Å²) in [7, 11) is 0. The summed E-state index contributed by atoms with van der Waals surface area (Å²) in [5.74, 6) is -0.488. The molecule has 0 aliphatic heterocycles. The molecule has 6 nitrogen and oxygen atoms in total. The number of hydrogen-bond acceptors (Lipinski definition) is 5. The fourth-order valence-electron chi connectivity index (χ4n) is 1.65. The zero-order valence-corrected chi connectivity index (χ0v) is 10.9. The molecular formula is C13H20N2O4. The van der Waals surface area contributed by atoms with Crippen molar-refractivity contribution < 1.29 is 20.1 Å². The van der Waals surface area contributed by atoms with Gasteiger partial charge in [0.1, 0.15) is 0 Å². The first-order valence-corrected chi connectivity index (χ1v) is 5.95. The van der Waals surface area contributed by atoms with Crippen LogP contribution in [-0.4, -0.2) is 46.6 Å². The number of aliphatic hydroxyl groups excluding tert-OH is 3. The lowest BCUT2D eigenvalue weighted by atomic mass is 10.0. The predicted octanol–water partition coefficient (Wildman–Crippen LogP) is -1.10. The Hall–Kier alpha value is -1.47. The van der Waals surface area contributed by atoms with Crippen LogP contribution in [0, 0.1) is 6.92 Å². The van der Waals surface area contributed by atoms with Crippen molar-refractivity contribution in [2.45, 2.75) is 19.0 Å². The van der Waals surface area contributed by atoms with Crippen LogP contribution in [0.25, 0.3) is 0 Å². The molecule has 0 aliphatic rings. The van der Waals surface area contributed by atoms with E-state index >= 15 is 0 Å². The topological polar surface area (TPSA) is 116 Å². The molecule has 1 rings (SSSR count). The highest BCUT2D eigenvalue weighted by atomic mass is 16.3. The second-order valence-corrected chi connectivity index (χ2v) is 4.61. The lowest BCUT2D eigenvalue weighted by molar-refractivity contribution is 0.0413. The van der Waals surface area contributed by atoms with Crippen molar-refractivity contribution in [3.63, 3.8) is 0 Å². The first-order valence-electron chi connectivity index (χ1n) is 5.95. The maximum absolute atomic E-state index is 11.0. The third-order valence-corrected chi connectivity index (χ3v) is 3.19. The Morgan fingerprint density at radius 1 is 1.26 bits per heavy atom. The number of rotatable bonds is 7. The average molecular weight is 268 g/mol. The summed E-state index contributed by atoms with van der Waals surface area (Å²) >= 11 is 0. The molecule has 0 spiro atoms. The molecular weight excluding hydrogens is 248 g/mol. The molecule has 0 bridgehead atoms. The number of hydrogen-bond donors (Lipinski definition) is 5. The Kier molecular flexibility index (Phi) is 5.44.